The first-order valence-corrected chi connectivity index (χ1v) is 10.0. The number of piperazine rings is 1. The SMILES string of the molecule is C[C@H]1CNCCN1C(=O)c1ccc(NS(=O)(=O)c2cccs2)cc1. The van der Waals surface area contributed by atoms with Crippen molar-refractivity contribution in [1.29, 1.82) is 0 Å². The van der Waals surface area contributed by atoms with Crippen molar-refractivity contribution in [2.24, 2.45) is 0 Å². The molecule has 0 spiro atoms. The molecule has 1 aromatic carbocycles. The summed E-state index contributed by atoms with van der Waals surface area (Å²) in [5.41, 5.74) is 0.996. The van der Waals surface area contributed by atoms with Crippen LogP contribution in [0.2, 0.25) is 0 Å². The zero-order chi connectivity index (χ0) is 17.2. The first-order valence-electron chi connectivity index (χ1n) is 7.65. The first-order chi connectivity index (χ1) is 11.5. The summed E-state index contributed by atoms with van der Waals surface area (Å²) in [7, 11) is -3.57. The highest BCUT2D eigenvalue weighted by molar-refractivity contribution is 7.94. The van der Waals surface area contributed by atoms with Crippen molar-refractivity contribution >= 4 is 33.0 Å². The van der Waals surface area contributed by atoms with Crippen LogP contribution in [0.25, 0.3) is 0 Å². The average Bonchev–Trinajstić information content (AvgIpc) is 3.10. The molecule has 2 heterocycles. The normalized spacial score (nSPS) is 18.4. The number of hydrogen-bond acceptors (Lipinski definition) is 5. The van der Waals surface area contributed by atoms with E-state index in [1.54, 1.807) is 41.8 Å². The first kappa shape index (κ1) is 16.9. The predicted molar refractivity (Wildman–Crippen MR) is 94.9 cm³/mol. The van der Waals surface area contributed by atoms with Gasteiger partial charge in [-0.3, -0.25) is 9.52 Å². The maximum atomic E-state index is 12.6. The van der Waals surface area contributed by atoms with Crippen molar-refractivity contribution < 1.29 is 13.2 Å². The highest BCUT2D eigenvalue weighted by Crippen LogP contribution is 2.21. The second-order valence-electron chi connectivity index (χ2n) is 5.67. The zero-order valence-electron chi connectivity index (χ0n) is 13.2. The van der Waals surface area contributed by atoms with Crippen molar-refractivity contribution in [3.8, 4) is 0 Å². The number of nitrogens with zero attached hydrogens (tertiary/aromatic N) is 1. The fourth-order valence-corrected chi connectivity index (χ4v) is 4.66. The van der Waals surface area contributed by atoms with Crippen LogP contribution < -0.4 is 10.0 Å². The molecular formula is C16H19N3O3S2. The van der Waals surface area contributed by atoms with E-state index in [1.807, 2.05) is 11.8 Å². The van der Waals surface area contributed by atoms with Gasteiger partial charge in [0.1, 0.15) is 4.21 Å². The van der Waals surface area contributed by atoms with E-state index in [1.165, 1.54) is 0 Å². The molecule has 24 heavy (non-hydrogen) atoms. The molecule has 2 aromatic rings. The van der Waals surface area contributed by atoms with Crippen LogP contribution in [0.15, 0.2) is 46.0 Å². The molecule has 3 rings (SSSR count). The van der Waals surface area contributed by atoms with Gasteiger partial charge in [-0.15, -0.1) is 11.3 Å². The molecule has 1 atom stereocenters. The van der Waals surface area contributed by atoms with Gasteiger partial charge in [0.05, 0.1) is 0 Å². The smallest absolute Gasteiger partial charge is 0.271 e. The van der Waals surface area contributed by atoms with Crippen LogP contribution in [0.1, 0.15) is 17.3 Å². The van der Waals surface area contributed by atoms with Gasteiger partial charge in [0, 0.05) is 36.9 Å². The zero-order valence-corrected chi connectivity index (χ0v) is 14.9. The molecular weight excluding hydrogens is 346 g/mol. The summed E-state index contributed by atoms with van der Waals surface area (Å²) in [5, 5.41) is 4.96. The second-order valence-corrected chi connectivity index (χ2v) is 8.52. The number of nitrogens with one attached hydrogen (secondary N) is 2. The minimum atomic E-state index is -3.57. The van der Waals surface area contributed by atoms with E-state index in [0.717, 1.165) is 24.4 Å². The number of benzene rings is 1. The fraction of sp³-hybridized carbons (Fsp3) is 0.312. The highest BCUT2D eigenvalue weighted by Gasteiger charge is 2.24. The lowest BCUT2D eigenvalue weighted by atomic mass is 10.1. The summed E-state index contributed by atoms with van der Waals surface area (Å²) >= 11 is 1.16. The summed E-state index contributed by atoms with van der Waals surface area (Å²) in [6.45, 7) is 4.25. The molecule has 0 saturated carbocycles. The molecule has 0 aliphatic carbocycles. The van der Waals surface area contributed by atoms with E-state index in [-0.39, 0.29) is 16.2 Å². The Morgan fingerprint density at radius 1 is 1.29 bits per heavy atom. The molecule has 1 fully saturated rings. The minimum absolute atomic E-state index is 0.0309. The molecule has 0 bridgehead atoms. The Balaban J connectivity index is 1.72. The van der Waals surface area contributed by atoms with E-state index < -0.39 is 10.0 Å². The monoisotopic (exact) mass is 365 g/mol. The number of hydrogen-bond donors (Lipinski definition) is 2. The largest absolute Gasteiger partial charge is 0.333 e. The minimum Gasteiger partial charge on any atom is -0.333 e. The summed E-state index contributed by atoms with van der Waals surface area (Å²) < 4.78 is 27.2. The van der Waals surface area contributed by atoms with Gasteiger partial charge in [-0.2, -0.15) is 0 Å². The van der Waals surface area contributed by atoms with Crippen molar-refractivity contribution in [3.05, 3.63) is 47.3 Å². The number of amides is 1. The number of rotatable bonds is 4. The third-order valence-electron chi connectivity index (χ3n) is 3.91. The Labute approximate surface area is 145 Å². The molecule has 0 radical (unpaired) electrons. The summed E-state index contributed by atoms with van der Waals surface area (Å²) in [5.74, 6) is -0.0309. The van der Waals surface area contributed by atoms with Gasteiger partial charge in [-0.05, 0) is 42.6 Å². The van der Waals surface area contributed by atoms with Gasteiger partial charge < -0.3 is 10.2 Å². The molecule has 1 amide bonds. The van der Waals surface area contributed by atoms with Crippen LogP contribution in [0, 0.1) is 0 Å². The number of carbonyl (C=O) groups is 1. The molecule has 1 saturated heterocycles. The number of anilines is 1. The quantitative estimate of drug-likeness (QED) is 0.868. The van der Waals surface area contributed by atoms with Crippen LogP contribution in [-0.2, 0) is 10.0 Å². The van der Waals surface area contributed by atoms with Crippen molar-refractivity contribution in [1.82, 2.24) is 10.2 Å². The van der Waals surface area contributed by atoms with Crippen LogP contribution in [0.4, 0.5) is 5.69 Å². The molecule has 8 heteroatoms. The van der Waals surface area contributed by atoms with Gasteiger partial charge in [0.2, 0.25) is 0 Å². The van der Waals surface area contributed by atoms with Crippen molar-refractivity contribution in [3.63, 3.8) is 0 Å². The lowest BCUT2D eigenvalue weighted by Crippen LogP contribution is -2.52. The Hall–Kier alpha value is -1.90. The van der Waals surface area contributed by atoms with E-state index in [2.05, 4.69) is 10.0 Å². The second kappa shape index (κ2) is 6.92. The number of thiophene rings is 1. The Morgan fingerprint density at radius 2 is 2.04 bits per heavy atom. The summed E-state index contributed by atoms with van der Waals surface area (Å²) in [6.07, 6.45) is 0. The maximum absolute atomic E-state index is 12.6. The lowest BCUT2D eigenvalue weighted by molar-refractivity contribution is 0.0656. The Morgan fingerprint density at radius 3 is 2.67 bits per heavy atom. The van der Waals surface area contributed by atoms with Crippen molar-refractivity contribution in [2.45, 2.75) is 17.2 Å². The summed E-state index contributed by atoms with van der Waals surface area (Å²) in [4.78, 5) is 14.4. The van der Waals surface area contributed by atoms with Crippen LogP contribution in [0.5, 0.6) is 0 Å². The third-order valence-corrected chi connectivity index (χ3v) is 6.68. The van der Waals surface area contributed by atoms with E-state index in [0.29, 0.717) is 17.8 Å². The van der Waals surface area contributed by atoms with Gasteiger partial charge in [0.25, 0.3) is 15.9 Å². The summed E-state index contributed by atoms with van der Waals surface area (Å²) in [6, 6.07) is 9.93. The van der Waals surface area contributed by atoms with Crippen LogP contribution >= 0.6 is 11.3 Å². The number of carbonyl (C=O) groups excluding carboxylic acids is 1. The predicted octanol–water partition coefficient (Wildman–Crippen LogP) is 1.98. The Bertz CT molecular complexity index is 802. The fourth-order valence-electron chi connectivity index (χ4n) is 2.61. The third kappa shape index (κ3) is 3.61. The van der Waals surface area contributed by atoms with Crippen molar-refractivity contribution in [2.75, 3.05) is 24.4 Å². The standard InChI is InChI=1S/C16H19N3O3S2/c1-12-11-17-8-9-19(12)16(20)13-4-6-14(7-5-13)18-24(21,22)15-3-2-10-23-15/h2-7,10,12,17-18H,8-9,11H2,1H3/t12-/m0/s1. The van der Waals surface area contributed by atoms with Gasteiger partial charge in [0.15, 0.2) is 0 Å². The van der Waals surface area contributed by atoms with Gasteiger partial charge in [-0.1, -0.05) is 6.07 Å². The van der Waals surface area contributed by atoms with E-state index >= 15 is 0 Å². The maximum Gasteiger partial charge on any atom is 0.271 e. The molecule has 1 aliphatic heterocycles. The van der Waals surface area contributed by atoms with Crippen LogP contribution in [0.3, 0.4) is 0 Å². The van der Waals surface area contributed by atoms with Crippen LogP contribution in [-0.4, -0.2) is 44.9 Å². The van der Waals surface area contributed by atoms with E-state index in [4.69, 9.17) is 0 Å². The average molecular weight is 365 g/mol. The highest BCUT2D eigenvalue weighted by atomic mass is 32.2. The Kier molecular flexibility index (Phi) is 4.88. The number of sulfonamides is 1. The lowest BCUT2D eigenvalue weighted by Gasteiger charge is -2.34. The molecule has 128 valence electrons. The topological polar surface area (TPSA) is 78.5 Å². The molecule has 2 N–H and O–H groups in total. The molecule has 0 unspecified atom stereocenters. The molecule has 1 aliphatic rings. The van der Waals surface area contributed by atoms with Gasteiger partial charge in [-0.25, -0.2) is 8.42 Å². The molecule has 6 nitrogen and oxygen atoms in total. The molecule has 1 aromatic heterocycles. The van der Waals surface area contributed by atoms with Gasteiger partial charge >= 0.3 is 0 Å². The van der Waals surface area contributed by atoms with E-state index in [9.17, 15) is 13.2 Å².